The first-order valence-electron chi connectivity index (χ1n) is 10.2. The minimum Gasteiger partial charge on any atom is -0.465 e. The molecule has 0 atom stereocenters. The van der Waals surface area contributed by atoms with Gasteiger partial charge in [-0.1, -0.05) is 18.9 Å². The van der Waals surface area contributed by atoms with Crippen molar-refractivity contribution < 1.29 is 19.4 Å². The van der Waals surface area contributed by atoms with Gasteiger partial charge in [0.2, 0.25) is 0 Å². The lowest BCUT2D eigenvalue weighted by molar-refractivity contribution is 0.00817. The fourth-order valence-electron chi connectivity index (χ4n) is 3.91. The molecule has 2 rings (SSSR count). The number of hydrogen-bond acceptors (Lipinski definition) is 4. The second-order valence-corrected chi connectivity index (χ2v) is 7.39. The Morgan fingerprint density at radius 3 is 2.50 bits per heavy atom. The predicted octanol–water partition coefficient (Wildman–Crippen LogP) is 3.37. The van der Waals surface area contributed by atoms with E-state index in [2.05, 4.69) is 11.5 Å². The van der Waals surface area contributed by atoms with E-state index in [1.165, 1.54) is 30.7 Å². The molecule has 1 saturated heterocycles. The maximum absolute atomic E-state index is 11.3. The molecule has 0 aromatic heterocycles. The van der Waals surface area contributed by atoms with Crippen molar-refractivity contribution in [2.75, 3.05) is 46.0 Å². The Morgan fingerprint density at radius 2 is 1.85 bits per heavy atom. The molecule has 1 heterocycles. The molecule has 1 N–H and O–H groups in total. The summed E-state index contributed by atoms with van der Waals surface area (Å²) in [5.41, 5.74) is 0. The number of unbranched alkanes of at least 4 members (excludes halogenated alkanes) is 3. The average molecular weight is 369 g/mol. The minimum atomic E-state index is -0.841. The van der Waals surface area contributed by atoms with Crippen molar-refractivity contribution in [2.45, 2.75) is 63.5 Å². The lowest BCUT2D eigenvalue weighted by Gasteiger charge is -2.34. The number of amides is 1. The van der Waals surface area contributed by atoms with Crippen molar-refractivity contribution in [1.82, 2.24) is 9.80 Å². The molecule has 1 saturated carbocycles. The molecule has 0 aromatic rings. The summed E-state index contributed by atoms with van der Waals surface area (Å²) in [5.74, 6) is 0. The van der Waals surface area contributed by atoms with Gasteiger partial charge in [-0.2, -0.15) is 0 Å². The van der Waals surface area contributed by atoms with Gasteiger partial charge in [-0.3, -0.25) is 4.90 Å². The first-order chi connectivity index (χ1) is 12.7. The van der Waals surface area contributed by atoms with E-state index >= 15 is 0 Å². The van der Waals surface area contributed by atoms with Crippen molar-refractivity contribution >= 4 is 6.09 Å². The first-order valence-corrected chi connectivity index (χ1v) is 10.2. The zero-order valence-electron chi connectivity index (χ0n) is 16.1. The highest BCUT2D eigenvalue weighted by Gasteiger charge is 2.28. The van der Waals surface area contributed by atoms with E-state index < -0.39 is 6.09 Å². The normalized spacial score (nSPS) is 24.3. The zero-order chi connectivity index (χ0) is 18.6. The molecule has 0 aromatic carbocycles. The third kappa shape index (κ3) is 7.64. The summed E-state index contributed by atoms with van der Waals surface area (Å²) in [6.07, 6.45) is 9.72. The van der Waals surface area contributed by atoms with Crippen LogP contribution in [0.15, 0.2) is 12.7 Å². The number of nitrogens with zero attached hydrogens (tertiary/aromatic N) is 2. The van der Waals surface area contributed by atoms with E-state index in [1.54, 1.807) is 6.08 Å². The number of hydrogen-bond donors (Lipinski definition) is 1. The maximum atomic E-state index is 11.3. The van der Waals surface area contributed by atoms with Crippen molar-refractivity contribution in [3.8, 4) is 0 Å². The van der Waals surface area contributed by atoms with E-state index in [1.807, 2.05) is 0 Å². The molecule has 6 nitrogen and oxygen atoms in total. The van der Waals surface area contributed by atoms with Crippen LogP contribution in [-0.4, -0.2) is 79.1 Å². The Kier molecular flexibility index (Phi) is 10.0. The largest absolute Gasteiger partial charge is 0.465 e. The van der Waals surface area contributed by atoms with Crippen LogP contribution < -0.4 is 0 Å². The number of morpholine rings is 1. The summed E-state index contributed by atoms with van der Waals surface area (Å²) in [5, 5.41) is 9.29. The van der Waals surface area contributed by atoms with Crippen LogP contribution in [0.4, 0.5) is 4.79 Å². The highest BCUT2D eigenvalue weighted by atomic mass is 16.5. The summed E-state index contributed by atoms with van der Waals surface area (Å²) in [6.45, 7) is 10.0. The van der Waals surface area contributed by atoms with Gasteiger partial charge < -0.3 is 19.5 Å². The molecular formula is C20H36N2O4. The fourth-order valence-corrected chi connectivity index (χ4v) is 3.91. The molecule has 6 heteroatoms. The Bertz CT molecular complexity index is 405. The zero-order valence-corrected chi connectivity index (χ0v) is 16.1. The average Bonchev–Trinajstić information content (AvgIpc) is 2.66. The van der Waals surface area contributed by atoms with Crippen molar-refractivity contribution in [1.29, 1.82) is 0 Å². The van der Waals surface area contributed by atoms with Gasteiger partial charge in [0, 0.05) is 32.3 Å². The molecule has 2 fully saturated rings. The Balaban J connectivity index is 1.47. The van der Waals surface area contributed by atoms with Gasteiger partial charge in [-0.25, -0.2) is 4.79 Å². The summed E-state index contributed by atoms with van der Waals surface area (Å²) >= 11 is 0. The standard InChI is InChI=1S/C20H36N2O4/c1-2-11-22(20(23)24)18-7-9-19(10-8-18)26-15-6-4-3-5-12-21-13-16-25-17-14-21/h2,18-19H,1,3-17H2,(H,23,24). The molecule has 0 unspecified atom stereocenters. The Hall–Kier alpha value is -1.11. The maximum Gasteiger partial charge on any atom is 0.407 e. The SMILES string of the molecule is C=CCN(C(=O)O)C1CCC(OCCCCCCN2CCOCC2)CC1. The molecule has 26 heavy (non-hydrogen) atoms. The van der Waals surface area contributed by atoms with Crippen LogP contribution in [0.1, 0.15) is 51.4 Å². The highest BCUT2D eigenvalue weighted by Crippen LogP contribution is 2.25. The van der Waals surface area contributed by atoms with Gasteiger partial charge in [-0.05, 0) is 45.1 Å². The van der Waals surface area contributed by atoms with Crippen LogP contribution in [0.5, 0.6) is 0 Å². The number of carbonyl (C=O) groups is 1. The molecule has 2 aliphatic rings. The molecule has 150 valence electrons. The lowest BCUT2D eigenvalue weighted by Crippen LogP contribution is -2.42. The summed E-state index contributed by atoms with van der Waals surface area (Å²) in [6, 6.07) is 0.116. The van der Waals surface area contributed by atoms with Crippen molar-refractivity contribution in [3.63, 3.8) is 0 Å². The number of ether oxygens (including phenoxy) is 2. The van der Waals surface area contributed by atoms with Crippen LogP contribution in [0.3, 0.4) is 0 Å². The van der Waals surface area contributed by atoms with Crippen LogP contribution in [0.25, 0.3) is 0 Å². The van der Waals surface area contributed by atoms with E-state index in [4.69, 9.17) is 9.47 Å². The molecular weight excluding hydrogens is 332 g/mol. The molecule has 0 radical (unpaired) electrons. The Labute approximate surface area is 158 Å². The molecule has 1 amide bonds. The monoisotopic (exact) mass is 368 g/mol. The molecule has 0 bridgehead atoms. The van der Waals surface area contributed by atoms with Gasteiger partial charge in [0.1, 0.15) is 0 Å². The second-order valence-electron chi connectivity index (χ2n) is 7.39. The third-order valence-corrected chi connectivity index (χ3v) is 5.48. The smallest absolute Gasteiger partial charge is 0.407 e. The van der Waals surface area contributed by atoms with Crippen molar-refractivity contribution in [3.05, 3.63) is 12.7 Å². The highest BCUT2D eigenvalue weighted by molar-refractivity contribution is 5.65. The van der Waals surface area contributed by atoms with Crippen LogP contribution in [0, 0.1) is 0 Å². The topological polar surface area (TPSA) is 62.2 Å². The third-order valence-electron chi connectivity index (χ3n) is 5.48. The molecule has 1 aliphatic heterocycles. The Morgan fingerprint density at radius 1 is 1.15 bits per heavy atom. The summed E-state index contributed by atoms with van der Waals surface area (Å²) in [4.78, 5) is 15.3. The van der Waals surface area contributed by atoms with Gasteiger partial charge >= 0.3 is 6.09 Å². The fraction of sp³-hybridized carbons (Fsp3) is 0.850. The number of rotatable bonds is 11. The van der Waals surface area contributed by atoms with Gasteiger partial charge in [0.15, 0.2) is 0 Å². The van der Waals surface area contributed by atoms with E-state index in [-0.39, 0.29) is 6.04 Å². The van der Waals surface area contributed by atoms with Crippen LogP contribution >= 0.6 is 0 Å². The molecule has 1 aliphatic carbocycles. The number of carboxylic acid groups (broad SMARTS) is 1. The van der Waals surface area contributed by atoms with E-state index in [9.17, 15) is 9.90 Å². The van der Waals surface area contributed by atoms with Crippen LogP contribution in [0.2, 0.25) is 0 Å². The van der Waals surface area contributed by atoms with Gasteiger partial charge in [0.25, 0.3) is 0 Å². The quantitative estimate of drug-likeness (QED) is 0.447. The molecule has 0 spiro atoms. The van der Waals surface area contributed by atoms with E-state index in [0.29, 0.717) is 12.6 Å². The predicted molar refractivity (Wildman–Crippen MR) is 103 cm³/mol. The van der Waals surface area contributed by atoms with E-state index in [0.717, 1.165) is 65.0 Å². The first kappa shape index (κ1) is 21.2. The summed E-state index contributed by atoms with van der Waals surface area (Å²) < 4.78 is 11.4. The van der Waals surface area contributed by atoms with Crippen molar-refractivity contribution in [2.24, 2.45) is 0 Å². The van der Waals surface area contributed by atoms with Crippen LogP contribution in [-0.2, 0) is 9.47 Å². The second kappa shape index (κ2) is 12.3. The summed E-state index contributed by atoms with van der Waals surface area (Å²) in [7, 11) is 0. The van der Waals surface area contributed by atoms with Gasteiger partial charge in [-0.15, -0.1) is 6.58 Å². The van der Waals surface area contributed by atoms with Gasteiger partial charge in [0.05, 0.1) is 19.3 Å². The minimum absolute atomic E-state index is 0.116. The lowest BCUT2D eigenvalue weighted by atomic mass is 9.92.